The Morgan fingerprint density at radius 3 is 1.75 bits per heavy atom. The van der Waals surface area contributed by atoms with Crippen molar-refractivity contribution in [3.05, 3.63) is 211 Å². The lowest BCUT2D eigenvalue weighted by Gasteiger charge is -2.28. The van der Waals surface area contributed by atoms with Crippen molar-refractivity contribution in [2.75, 3.05) is 4.90 Å². The highest BCUT2D eigenvalue weighted by Gasteiger charge is 2.35. The molecule has 10 aromatic carbocycles. The number of anilines is 3. The number of benzene rings is 10. The molecule has 0 aliphatic heterocycles. The summed E-state index contributed by atoms with van der Waals surface area (Å²) in [5, 5.41) is 10.3. The Bertz CT molecular complexity index is 3150. The molecule has 1 aliphatic carbocycles. The maximum atomic E-state index is 2.43. The van der Waals surface area contributed by atoms with Gasteiger partial charge >= 0.3 is 0 Å². The van der Waals surface area contributed by atoms with Crippen LogP contribution in [0.15, 0.2) is 200 Å². The summed E-state index contributed by atoms with van der Waals surface area (Å²) in [6.45, 7) is 4.69. The van der Waals surface area contributed by atoms with Crippen LogP contribution in [0.2, 0.25) is 0 Å². The first kappa shape index (κ1) is 32.5. The quantitative estimate of drug-likeness (QED) is 0.161. The molecule has 0 fully saturated rings. The van der Waals surface area contributed by atoms with E-state index in [0.29, 0.717) is 0 Å². The molecule has 0 saturated carbocycles. The first-order valence-electron chi connectivity index (χ1n) is 19.6. The van der Waals surface area contributed by atoms with Crippen LogP contribution in [-0.2, 0) is 5.41 Å². The minimum absolute atomic E-state index is 0.0543. The zero-order valence-electron chi connectivity index (χ0n) is 31.5. The van der Waals surface area contributed by atoms with Crippen LogP contribution >= 0.6 is 0 Å². The minimum Gasteiger partial charge on any atom is -0.310 e. The molecular formula is C55H39N. The van der Waals surface area contributed by atoms with Gasteiger partial charge in [0.15, 0.2) is 0 Å². The molecule has 1 nitrogen and oxygen atoms in total. The third-order valence-electron chi connectivity index (χ3n) is 12.2. The molecule has 0 N–H and O–H groups in total. The summed E-state index contributed by atoms with van der Waals surface area (Å²) in [7, 11) is 0. The first-order valence-corrected chi connectivity index (χ1v) is 19.6. The van der Waals surface area contributed by atoms with Crippen molar-refractivity contribution in [2.45, 2.75) is 19.3 Å². The molecule has 0 saturated heterocycles. The number of fused-ring (bicyclic) bond motifs is 10. The molecule has 11 rings (SSSR count). The van der Waals surface area contributed by atoms with Crippen molar-refractivity contribution in [3.63, 3.8) is 0 Å². The SMILES string of the molecule is CC1(C)c2ccccc2-c2cc(N(c3ccc(-c4ccccc4)cc3)c3cccc(-c4cc5ccc6ccc7ccccc7c6c5c5ccccc45)c3)ccc21. The molecule has 56 heavy (non-hydrogen) atoms. The second-order valence-corrected chi connectivity index (χ2v) is 15.7. The van der Waals surface area contributed by atoms with Crippen LogP contribution < -0.4 is 4.90 Å². The van der Waals surface area contributed by atoms with E-state index in [9.17, 15) is 0 Å². The Morgan fingerprint density at radius 1 is 0.321 bits per heavy atom. The van der Waals surface area contributed by atoms with Gasteiger partial charge in [-0.1, -0.05) is 172 Å². The lowest BCUT2D eigenvalue weighted by Crippen LogP contribution is -2.15. The van der Waals surface area contributed by atoms with Crippen molar-refractivity contribution in [1.82, 2.24) is 0 Å². The lowest BCUT2D eigenvalue weighted by molar-refractivity contribution is 0.660. The Kier molecular flexibility index (Phi) is 7.28. The molecule has 0 amide bonds. The third-order valence-corrected chi connectivity index (χ3v) is 12.2. The molecule has 10 aromatic rings. The molecule has 0 heterocycles. The fourth-order valence-electron chi connectivity index (χ4n) is 9.47. The van der Waals surface area contributed by atoms with Gasteiger partial charge in [0.05, 0.1) is 0 Å². The van der Waals surface area contributed by atoms with Crippen LogP contribution in [0.5, 0.6) is 0 Å². The number of hydrogen-bond acceptors (Lipinski definition) is 1. The molecule has 1 heteroatoms. The normalized spacial score (nSPS) is 13.0. The molecule has 0 bridgehead atoms. The van der Waals surface area contributed by atoms with E-state index in [1.807, 2.05) is 0 Å². The monoisotopic (exact) mass is 713 g/mol. The molecule has 0 unspecified atom stereocenters. The highest BCUT2D eigenvalue weighted by molar-refractivity contribution is 6.29. The van der Waals surface area contributed by atoms with Crippen LogP contribution in [0, 0.1) is 0 Å². The van der Waals surface area contributed by atoms with Gasteiger partial charge in [-0.3, -0.25) is 0 Å². The van der Waals surface area contributed by atoms with E-state index in [0.717, 1.165) is 17.1 Å². The van der Waals surface area contributed by atoms with Gasteiger partial charge in [0.2, 0.25) is 0 Å². The topological polar surface area (TPSA) is 3.24 Å². The average Bonchev–Trinajstić information content (AvgIpc) is 3.49. The summed E-state index contributed by atoms with van der Waals surface area (Å²) in [5.74, 6) is 0. The Hall–Kier alpha value is -6.96. The van der Waals surface area contributed by atoms with Crippen molar-refractivity contribution in [2.24, 2.45) is 0 Å². The summed E-state index contributed by atoms with van der Waals surface area (Å²) < 4.78 is 0. The van der Waals surface area contributed by atoms with Crippen molar-refractivity contribution in [3.8, 4) is 33.4 Å². The molecule has 0 radical (unpaired) electrons. The molecule has 1 aliphatic rings. The van der Waals surface area contributed by atoms with Crippen LogP contribution in [0.1, 0.15) is 25.0 Å². The fraction of sp³-hybridized carbons (Fsp3) is 0.0545. The third kappa shape index (κ3) is 5.01. The van der Waals surface area contributed by atoms with Gasteiger partial charge in [0.1, 0.15) is 0 Å². The summed E-state index contributed by atoms with van der Waals surface area (Å²) >= 11 is 0. The summed E-state index contributed by atoms with van der Waals surface area (Å²) in [6.07, 6.45) is 0. The number of hydrogen-bond donors (Lipinski definition) is 0. The lowest BCUT2D eigenvalue weighted by atomic mass is 9.82. The van der Waals surface area contributed by atoms with Crippen LogP contribution in [-0.4, -0.2) is 0 Å². The maximum absolute atomic E-state index is 2.43. The highest BCUT2D eigenvalue weighted by Crippen LogP contribution is 2.51. The largest absolute Gasteiger partial charge is 0.310 e. The predicted octanol–water partition coefficient (Wildman–Crippen LogP) is 15.4. The highest BCUT2D eigenvalue weighted by atomic mass is 15.1. The van der Waals surface area contributed by atoms with E-state index in [4.69, 9.17) is 0 Å². The molecule has 0 atom stereocenters. The second kappa shape index (κ2) is 12.5. The van der Waals surface area contributed by atoms with E-state index >= 15 is 0 Å². The summed E-state index contributed by atoms with van der Waals surface area (Å²) in [5.41, 5.74) is 13.6. The van der Waals surface area contributed by atoms with Crippen LogP contribution in [0.3, 0.4) is 0 Å². The standard InChI is InChI=1S/C55H39N/c1-55(2)51-22-11-10-20-47(51)50-35-44(31-32-52(50)55)56(42-29-27-37(28-30-42)36-13-4-3-5-14-36)43-17-12-16-40(33-43)49-34-41-26-25-39-24-23-38-15-6-7-18-45(38)53(39)54(41)48-21-9-8-19-46(48)49/h3-35H,1-2H3. The predicted molar refractivity (Wildman–Crippen MR) is 240 cm³/mol. The maximum Gasteiger partial charge on any atom is 0.0468 e. The van der Waals surface area contributed by atoms with Gasteiger partial charge in [-0.2, -0.15) is 0 Å². The van der Waals surface area contributed by atoms with Gasteiger partial charge in [0, 0.05) is 22.5 Å². The van der Waals surface area contributed by atoms with Gasteiger partial charge < -0.3 is 4.90 Å². The van der Waals surface area contributed by atoms with Gasteiger partial charge in [-0.15, -0.1) is 0 Å². The number of nitrogens with zero attached hydrogens (tertiary/aromatic N) is 1. The Balaban J connectivity index is 1.11. The van der Waals surface area contributed by atoms with E-state index in [1.54, 1.807) is 0 Å². The van der Waals surface area contributed by atoms with Crippen molar-refractivity contribution >= 4 is 60.2 Å². The Labute approximate surface area is 327 Å². The van der Waals surface area contributed by atoms with Crippen LogP contribution in [0.4, 0.5) is 17.1 Å². The van der Waals surface area contributed by atoms with E-state index < -0.39 is 0 Å². The molecule has 264 valence electrons. The van der Waals surface area contributed by atoms with E-state index in [2.05, 4.69) is 219 Å². The fourth-order valence-corrected chi connectivity index (χ4v) is 9.47. The van der Waals surface area contributed by atoms with Crippen molar-refractivity contribution < 1.29 is 0 Å². The van der Waals surface area contributed by atoms with E-state index in [1.165, 1.54) is 87.6 Å². The molecular weight excluding hydrogens is 675 g/mol. The zero-order chi connectivity index (χ0) is 37.4. The second-order valence-electron chi connectivity index (χ2n) is 15.7. The van der Waals surface area contributed by atoms with E-state index in [-0.39, 0.29) is 5.41 Å². The Morgan fingerprint density at radius 2 is 0.911 bits per heavy atom. The average molecular weight is 714 g/mol. The smallest absolute Gasteiger partial charge is 0.0468 e. The minimum atomic E-state index is -0.0543. The summed E-state index contributed by atoms with van der Waals surface area (Å²) in [6, 6.07) is 74.0. The van der Waals surface area contributed by atoms with Crippen LogP contribution in [0.25, 0.3) is 76.5 Å². The molecule has 0 aromatic heterocycles. The van der Waals surface area contributed by atoms with Crippen molar-refractivity contribution in [1.29, 1.82) is 0 Å². The first-order chi connectivity index (χ1) is 27.5. The zero-order valence-corrected chi connectivity index (χ0v) is 31.5. The molecule has 0 spiro atoms. The van der Waals surface area contributed by atoms with Gasteiger partial charge in [-0.25, -0.2) is 0 Å². The number of rotatable bonds is 5. The van der Waals surface area contributed by atoms with Gasteiger partial charge in [-0.05, 0) is 130 Å². The van der Waals surface area contributed by atoms with Gasteiger partial charge in [0.25, 0.3) is 0 Å². The summed E-state index contributed by atoms with van der Waals surface area (Å²) in [4.78, 5) is 2.43.